The van der Waals surface area contributed by atoms with Gasteiger partial charge in [-0.15, -0.1) is 0 Å². The van der Waals surface area contributed by atoms with E-state index in [0.717, 1.165) is 6.42 Å². The van der Waals surface area contributed by atoms with Crippen LogP contribution in [0.4, 0.5) is 0 Å². The summed E-state index contributed by atoms with van der Waals surface area (Å²) < 4.78 is 6.91. The molecule has 0 aliphatic rings. The van der Waals surface area contributed by atoms with Crippen molar-refractivity contribution >= 4 is 15.3 Å². The fourth-order valence-electron chi connectivity index (χ4n) is 1.47. The summed E-state index contributed by atoms with van der Waals surface area (Å²) in [7, 11) is 4.60. The molecule has 0 aliphatic carbocycles. The van der Waals surface area contributed by atoms with Gasteiger partial charge in [0.05, 0.1) is 0 Å². The van der Waals surface area contributed by atoms with Crippen LogP contribution >= 0.6 is 9.39 Å². The normalized spacial score (nSPS) is 11.9. The molecule has 1 unspecified atom stereocenters. The zero-order chi connectivity index (χ0) is 14.6. The van der Waals surface area contributed by atoms with Crippen LogP contribution in [0.1, 0.15) is 42.1 Å². The van der Waals surface area contributed by atoms with Crippen LogP contribution in [-0.4, -0.2) is 40.0 Å². The molecule has 1 amide bonds. The number of hydrogen-bond acceptors (Lipinski definition) is 5. The van der Waals surface area contributed by atoms with E-state index in [1.165, 1.54) is 0 Å². The number of nitrogens with zero attached hydrogens (tertiary/aromatic N) is 2. The summed E-state index contributed by atoms with van der Waals surface area (Å²) in [6.45, 7) is 6.19. The quantitative estimate of drug-likeness (QED) is 0.766. The summed E-state index contributed by atoms with van der Waals surface area (Å²) in [6, 6.07) is 0. The molecule has 0 saturated heterocycles. The van der Waals surface area contributed by atoms with Gasteiger partial charge in [0.2, 0.25) is 0 Å². The van der Waals surface area contributed by atoms with E-state index in [9.17, 15) is 4.79 Å². The Bertz CT molecular complexity index is 443. The fourth-order valence-corrected chi connectivity index (χ4v) is 1.60. The van der Waals surface area contributed by atoms with E-state index < -0.39 is 0 Å². The lowest BCUT2D eigenvalue weighted by molar-refractivity contribution is 0.0938. The molecule has 1 aromatic heterocycles. The number of rotatable bonds is 6. The van der Waals surface area contributed by atoms with Gasteiger partial charge in [-0.25, -0.2) is 0 Å². The number of hydrogen-bond donors (Lipinski definition) is 2. The Morgan fingerprint density at radius 3 is 2.68 bits per heavy atom. The third-order valence-corrected chi connectivity index (χ3v) is 4.06. The average Bonchev–Trinajstić information content (AvgIpc) is 2.69. The number of nitrogens with one attached hydrogen (secondary N) is 1. The molecular weight excluding hydrogens is 265 g/mol. The highest BCUT2D eigenvalue weighted by molar-refractivity contribution is 7.13. The molecule has 7 heteroatoms. The topological polar surface area (TPSA) is 78.6 Å². The smallest absolute Gasteiger partial charge is 0.273 e. The summed E-state index contributed by atoms with van der Waals surface area (Å²) in [5.41, 5.74) is 0.802. The highest BCUT2D eigenvalue weighted by Crippen LogP contribution is 2.19. The summed E-state index contributed by atoms with van der Waals surface area (Å²) in [6.07, 6.45) is 0.808. The molecule has 0 radical (unpaired) electrons. The van der Waals surface area contributed by atoms with E-state index in [1.807, 2.05) is 11.7 Å². The van der Waals surface area contributed by atoms with Crippen LogP contribution < -0.4 is 5.32 Å². The minimum absolute atomic E-state index is 0.0208. The first kappa shape index (κ1) is 16.1. The Balaban J connectivity index is 2.54. The number of carbonyl (C=O) groups excluding carboxylic acids is 1. The largest absolute Gasteiger partial charge is 0.388 e. The third kappa shape index (κ3) is 4.00. The maximum Gasteiger partial charge on any atom is 0.273 e. The molecule has 0 saturated carbocycles. The Morgan fingerprint density at radius 2 is 2.21 bits per heavy atom. The number of aliphatic hydroxyl groups is 1. The van der Waals surface area contributed by atoms with Crippen LogP contribution in [-0.2, 0) is 6.61 Å². The highest BCUT2D eigenvalue weighted by Gasteiger charge is 2.22. The number of amides is 1. The van der Waals surface area contributed by atoms with Gasteiger partial charge in [-0.3, -0.25) is 9.46 Å². The van der Waals surface area contributed by atoms with Crippen molar-refractivity contribution in [3.05, 3.63) is 17.0 Å². The predicted octanol–water partition coefficient (Wildman–Crippen LogP) is 1.10. The first-order valence-electron chi connectivity index (χ1n) is 6.12. The molecule has 1 aromatic rings. The molecule has 2 N–H and O–H groups in total. The summed E-state index contributed by atoms with van der Waals surface area (Å²) in [5, 5.41) is 15.5. The van der Waals surface area contributed by atoms with Crippen LogP contribution in [0.3, 0.4) is 0 Å². The lowest BCUT2D eigenvalue weighted by Gasteiger charge is -2.32. The maximum absolute atomic E-state index is 11.9. The summed E-state index contributed by atoms with van der Waals surface area (Å²) >= 11 is 0. The average molecular weight is 287 g/mol. The zero-order valence-electron chi connectivity index (χ0n) is 11.9. The van der Waals surface area contributed by atoms with Crippen molar-refractivity contribution in [1.82, 2.24) is 15.1 Å². The van der Waals surface area contributed by atoms with E-state index in [-0.39, 0.29) is 23.7 Å². The number of carbonyl (C=O) groups is 1. The molecule has 0 fully saturated rings. The molecule has 0 spiro atoms. The van der Waals surface area contributed by atoms with Crippen molar-refractivity contribution in [2.24, 2.45) is 0 Å². The van der Waals surface area contributed by atoms with Gasteiger partial charge in [-0.1, -0.05) is 14.5 Å². The molecular formula is C12H22N3O3P. The van der Waals surface area contributed by atoms with Crippen molar-refractivity contribution in [2.45, 2.75) is 39.3 Å². The lowest BCUT2D eigenvalue weighted by Crippen LogP contribution is -2.38. The van der Waals surface area contributed by atoms with E-state index in [4.69, 9.17) is 9.63 Å². The monoisotopic (exact) mass is 287 g/mol. The van der Waals surface area contributed by atoms with Crippen LogP contribution in [0.2, 0.25) is 0 Å². The van der Waals surface area contributed by atoms with Gasteiger partial charge in [0.15, 0.2) is 11.5 Å². The van der Waals surface area contributed by atoms with Gasteiger partial charge in [-0.2, -0.15) is 0 Å². The molecule has 108 valence electrons. The van der Waals surface area contributed by atoms with Crippen molar-refractivity contribution in [2.75, 3.05) is 13.6 Å². The van der Waals surface area contributed by atoms with Gasteiger partial charge in [0, 0.05) is 17.6 Å². The van der Waals surface area contributed by atoms with E-state index in [1.54, 1.807) is 6.92 Å². The first-order chi connectivity index (χ1) is 8.79. The van der Waals surface area contributed by atoms with Gasteiger partial charge < -0.3 is 14.9 Å². The Kier molecular flexibility index (Phi) is 5.47. The van der Waals surface area contributed by atoms with E-state index >= 15 is 0 Å². The van der Waals surface area contributed by atoms with Crippen LogP contribution in [0, 0.1) is 6.92 Å². The van der Waals surface area contributed by atoms with Crippen molar-refractivity contribution in [3.63, 3.8) is 0 Å². The second-order valence-corrected chi connectivity index (χ2v) is 5.94. The number of aliphatic hydroxyl groups excluding tert-OH is 1. The second kappa shape index (κ2) is 6.46. The maximum atomic E-state index is 11.9. The fraction of sp³-hybridized carbons (Fsp3) is 0.667. The zero-order valence-corrected chi connectivity index (χ0v) is 13.0. The molecule has 6 nitrogen and oxygen atoms in total. The Labute approximate surface area is 115 Å². The van der Waals surface area contributed by atoms with Gasteiger partial charge >= 0.3 is 0 Å². The SMILES string of the molecule is Cc1c(C(=O)NCCC(C)(C)N(C)P)noc1CO. The Hall–Kier alpha value is -0.970. The minimum atomic E-state index is -0.275. The van der Waals surface area contributed by atoms with Crippen molar-refractivity contribution in [1.29, 1.82) is 0 Å². The van der Waals surface area contributed by atoms with Crippen LogP contribution in [0.25, 0.3) is 0 Å². The standard InChI is InChI=1S/C12H22N3O3P/c1-8-9(7-16)18-14-10(8)11(17)13-6-5-12(2,3)15(4)19/h16H,5-7,19H2,1-4H3,(H,13,17). The van der Waals surface area contributed by atoms with Gasteiger partial charge in [0.1, 0.15) is 6.61 Å². The molecule has 0 aromatic carbocycles. The molecule has 0 aliphatic heterocycles. The van der Waals surface area contributed by atoms with Gasteiger partial charge in [0.25, 0.3) is 5.91 Å². The van der Waals surface area contributed by atoms with Gasteiger partial charge in [-0.05, 0) is 34.2 Å². The lowest BCUT2D eigenvalue weighted by atomic mass is 10.0. The van der Waals surface area contributed by atoms with Crippen molar-refractivity contribution < 1.29 is 14.4 Å². The molecule has 1 rings (SSSR count). The third-order valence-electron chi connectivity index (χ3n) is 3.36. The predicted molar refractivity (Wildman–Crippen MR) is 75.7 cm³/mol. The second-order valence-electron chi connectivity index (χ2n) is 5.17. The van der Waals surface area contributed by atoms with Crippen LogP contribution in [0.15, 0.2) is 4.52 Å². The van der Waals surface area contributed by atoms with Crippen LogP contribution in [0.5, 0.6) is 0 Å². The highest BCUT2D eigenvalue weighted by atomic mass is 31.0. The molecule has 0 bridgehead atoms. The first-order valence-corrected chi connectivity index (χ1v) is 6.64. The minimum Gasteiger partial charge on any atom is -0.388 e. The number of aromatic nitrogens is 1. The van der Waals surface area contributed by atoms with E-state index in [0.29, 0.717) is 17.9 Å². The summed E-state index contributed by atoms with van der Waals surface area (Å²) in [5.74, 6) is 0.0540. The molecule has 1 atom stereocenters. The summed E-state index contributed by atoms with van der Waals surface area (Å²) in [4.78, 5) is 11.9. The Morgan fingerprint density at radius 1 is 1.58 bits per heavy atom. The van der Waals surface area contributed by atoms with E-state index in [2.05, 4.69) is 33.7 Å². The van der Waals surface area contributed by atoms with Crippen molar-refractivity contribution in [3.8, 4) is 0 Å². The molecule has 1 heterocycles. The molecule has 19 heavy (non-hydrogen) atoms.